The number of nitrogens with zero attached hydrogens (tertiary/aromatic N) is 3. The van der Waals surface area contributed by atoms with Crippen LogP contribution in [0.4, 0.5) is 5.69 Å². The van der Waals surface area contributed by atoms with Crippen LogP contribution in [-0.4, -0.2) is 20.1 Å². The maximum absolute atomic E-state index is 12.4. The van der Waals surface area contributed by atoms with Gasteiger partial charge in [0.15, 0.2) is 5.69 Å². The number of para-hydroxylation sites is 1. The van der Waals surface area contributed by atoms with Crippen molar-refractivity contribution >= 4 is 17.2 Å². The first kappa shape index (κ1) is 18.5. The lowest BCUT2D eigenvalue weighted by molar-refractivity contribution is 0.0994. The van der Waals surface area contributed by atoms with Gasteiger partial charge in [0, 0.05) is 23.0 Å². The summed E-state index contributed by atoms with van der Waals surface area (Å²) in [5.41, 5.74) is 15.6. The largest absolute Gasteiger partial charge is 0.457 e. The highest BCUT2D eigenvalue weighted by Gasteiger charge is 2.24. The van der Waals surface area contributed by atoms with E-state index in [2.05, 4.69) is 5.10 Å². The van der Waals surface area contributed by atoms with E-state index in [4.69, 9.17) is 16.2 Å². The van der Waals surface area contributed by atoms with Gasteiger partial charge in [-0.05, 0) is 60.7 Å². The quantitative estimate of drug-likeness (QED) is 0.423. The molecule has 0 aliphatic carbocycles. The number of nitrogen functional groups attached to an aromatic ring is 1. The number of hydrogen-bond donors (Lipinski definition) is 2. The van der Waals surface area contributed by atoms with E-state index in [1.54, 1.807) is 10.7 Å². The number of benzene rings is 3. The number of rotatable bonds is 5. The van der Waals surface area contributed by atoms with E-state index >= 15 is 0 Å². The van der Waals surface area contributed by atoms with Gasteiger partial charge in [-0.25, -0.2) is 4.52 Å². The number of nitrogens with two attached hydrogens (primary N) is 2. The number of imidazole rings is 1. The minimum atomic E-state index is -0.567. The molecule has 3 aromatic carbocycles. The average molecular weight is 409 g/mol. The van der Waals surface area contributed by atoms with Crippen molar-refractivity contribution in [3.8, 4) is 28.4 Å². The van der Waals surface area contributed by atoms with Gasteiger partial charge < -0.3 is 16.2 Å². The maximum Gasteiger partial charge on any atom is 0.269 e. The Morgan fingerprint density at radius 1 is 0.839 bits per heavy atom. The zero-order chi connectivity index (χ0) is 21.4. The number of anilines is 1. The maximum atomic E-state index is 12.4. The average Bonchev–Trinajstić information content (AvgIpc) is 3.36. The summed E-state index contributed by atoms with van der Waals surface area (Å²) < 4.78 is 9.39. The normalized spacial score (nSPS) is 11.0. The van der Waals surface area contributed by atoms with E-state index in [1.807, 2.05) is 89.5 Å². The fourth-order valence-electron chi connectivity index (χ4n) is 3.64. The molecule has 0 radical (unpaired) electrons. The Morgan fingerprint density at radius 2 is 1.52 bits per heavy atom. The summed E-state index contributed by atoms with van der Waals surface area (Å²) in [6.07, 6.45) is 1.64. The molecule has 0 saturated carbocycles. The number of carbonyl (C=O) groups is 1. The van der Waals surface area contributed by atoms with Gasteiger partial charge in [0.25, 0.3) is 5.91 Å². The summed E-state index contributed by atoms with van der Waals surface area (Å²) in [4.78, 5) is 12.4. The van der Waals surface area contributed by atoms with Crippen LogP contribution in [-0.2, 0) is 0 Å². The van der Waals surface area contributed by atoms with Gasteiger partial charge in [-0.3, -0.25) is 9.36 Å². The molecule has 0 saturated heterocycles. The van der Waals surface area contributed by atoms with Gasteiger partial charge in [0.2, 0.25) is 0 Å². The second-order valence-corrected chi connectivity index (χ2v) is 7.03. The molecule has 1 amide bonds. The number of ether oxygens (including phenoxy) is 1. The minimum Gasteiger partial charge on any atom is -0.457 e. The lowest BCUT2D eigenvalue weighted by Gasteiger charge is -2.12. The number of amides is 1. The number of primary amides is 1. The van der Waals surface area contributed by atoms with Crippen LogP contribution in [0.25, 0.3) is 22.6 Å². The van der Waals surface area contributed by atoms with Gasteiger partial charge in [-0.1, -0.05) is 18.2 Å². The third kappa shape index (κ3) is 3.28. The number of hydrogen-bond acceptors (Lipinski definition) is 4. The Balaban J connectivity index is 1.66. The molecule has 2 aromatic heterocycles. The first-order valence-corrected chi connectivity index (χ1v) is 9.69. The molecule has 7 nitrogen and oxygen atoms in total. The van der Waals surface area contributed by atoms with Crippen molar-refractivity contribution in [3.63, 3.8) is 0 Å². The minimum absolute atomic E-state index is 0.300. The first-order valence-electron chi connectivity index (χ1n) is 9.69. The summed E-state index contributed by atoms with van der Waals surface area (Å²) in [7, 11) is 0. The molecule has 0 fully saturated rings. The van der Waals surface area contributed by atoms with Crippen molar-refractivity contribution in [1.82, 2.24) is 14.2 Å². The topological polar surface area (TPSA) is 101 Å². The third-order valence-corrected chi connectivity index (χ3v) is 5.00. The van der Waals surface area contributed by atoms with Crippen LogP contribution in [0.1, 0.15) is 10.5 Å². The molecule has 4 N–H and O–H groups in total. The van der Waals surface area contributed by atoms with Crippen LogP contribution >= 0.6 is 0 Å². The second kappa shape index (κ2) is 7.38. The van der Waals surface area contributed by atoms with E-state index in [-0.39, 0.29) is 0 Å². The summed E-state index contributed by atoms with van der Waals surface area (Å²) >= 11 is 0. The van der Waals surface area contributed by atoms with Crippen LogP contribution in [0.5, 0.6) is 11.5 Å². The molecule has 7 heteroatoms. The Bertz CT molecular complexity index is 1370. The predicted molar refractivity (Wildman–Crippen MR) is 119 cm³/mol. The Labute approximate surface area is 178 Å². The molecule has 2 heterocycles. The van der Waals surface area contributed by atoms with Gasteiger partial charge in [0.05, 0.1) is 11.9 Å². The molecular formula is C24H19N5O2. The smallest absolute Gasteiger partial charge is 0.269 e. The van der Waals surface area contributed by atoms with E-state index in [1.165, 1.54) is 0 Å². The molecule has 0 aliphatic heterocycles. The van der Waals surface area contributed by atoms with Gasteiger partial charge in [0.1, 0.15) is 17.1 Å². The SMILES string of the molecule is NC(=O)c1c(-c2ccc(Oc3ccccc3)cc2)n(-c2ccc(N)cc2)c2ccnn12. The molecule has 5 rings (SSSR count). The molecule has 0 bridgehead atoms. The monoisotopic (exact) mass is 409 g/mol. The molecule has 0 aliphatic rings. The Hall–Kier alpha value is -4.52. The predicted octanol–water partition coefficient (Wildman–Crippen LogP) is 4.27. The lowest BCUT2D eigenvalue weighted by Crippen LogP contribution is -2.15. The highest BCUT2D eigenvalue weighted by Crippen LogP contribution is 2.33. The van der Waals surface area contributed by atoms with Crippen LogP contribution in [0.3, 0.4) is 0 Å². The van der Waals surface area contributed by atoms with E-state index in [0.29, 0.717) is 22.8 Å². The highest BCUT2D eigenvalue weighted by atomic mass is 16.5. The van der Waals surface area contributed by atoms with Crippen LogP contribution < -0.4 is 16.2 Å². The molecular weight excluding hydrogens is 390 g/mol. The molecule has 31 heavy (non-hydrogen) atoms. The van der Waals surface area contributed by atoms with Crippen LogP contribution in [0.2, 0.25) is 0 Å². The molecule has 0 unspecified atom stereocenters. The summed E-state index contributed by atoms with van der Waals surface area (Å²) in [5.74, 6) is 0.866. The van der Waals surface area contributed by atoms with Crippen molar-refractivity contribution in [2.24, 2.45) is 5.73 Å². The van der Waals surface area contributed by atoms with Gasteiger partial charge in [-0.15, -0.1) is 0 Å². The summed E-state index contributed by atoms with van der Waals surface area (Å²) in [5, 5.41) is 4.31. The fraction of sp³-hybridized carbons (Fsp3) is 0. The van der Waals surface area contributed by atoms with E-state index in [0.717, 1.165) is 22.6 Å². The van der Waals surface area contributed by atoms with Gasteiger partial charge in [-0.2, -0.15) is 5.10 Å². The van der Waals surface area contributed by atoms with Crippen molar-refractivity contribution in [1.29, 1.82) is 0 Å². The second-order valence-electron chi connectivity index (χ2n) is 7.03. The highest BCUT2D eigenvalue weighted by molar-refractivity contribution is 5.99. The van der Waals surface area contributed by atoms with Crippen molar-refractivity contribution in [2.45, 2.75) is 0 Å². The summed E-state index contributed by atoms with van der Waals surface area (Å²) in [6.45, 7) is 0. The van der Waals surface area contributed by atoms with Crippen molar-refractivity contribution in [2.75, 3.05) is 5.73 Å². The molecule has 5 aromatic rings. The molecule has 0 atom stereocenters. The zero-order valence-corrected chi connectivity index (χ0v) is 16.5. The van der Waals surface area contributed by atoms with Crippen molar-refractivity contribution in [3.05, 3.63) is 96.8 Å². The molecule has 0 spiro atoms. The van der Waals surface area contributed by atoms with Gasteiger partial charge >= 0.3 is 0 Å². The lowest BCUT2D eigenvalue weighted by atomic mass is 10.1. The van der Waals surface area contributed by atoms with Crippen molar-refractivity contribution < 1.29 is 9.53 Å². The standard InChI is InChI=1S/C24H19N5O2/c25-17-8-10-18(11-9-17)28-21-14-15-27-29(21)23(24(26)30)22(28)16-6-12-20(13-7-16)31-19-4-2-1-3-5-19/h1-15H,25H2,(H2,26,30). The molecule has 152 valence electrons. The van der Waals surface area contributed by atoms with Crippen LogP contribution in [0, 0.1) is 0 Å². The number of carbonyl (C=O) groups excluding carboxylic acids is 1. The van der Waals surface area contributed by atoms with E-state index in [9.17, 15) is 4.79 Å². The number of fused-ring (bicyclic) bond motifs is 1. The first-order chi connectivity index (χ1) is 15.1. The zero-order valence-electron chi connectivity index (χ0n) is 16.5. The van der Waals surface area contributed by atoms with Crippen LogP contribution in [0.15, 0.2) is 91.1 Å². The van der Waals surface area contributed by atoms with E-state index < -0.39 is 5.91 Å². The fourth-order valence-corrected chi connectivity index (χ4v) is 3.64. The Kier molecular flexibility index (Phi) is 4.41. The number of aromatic nitrogens is 3. The third-order valence-electron chi connectivity index (χ3n) is 5.00. The Morgan fingerprint density at radius 3 is 2.19 bits per heavy atom. The summed E-state index contributed by atoms with van der Waals surface area (Å²) in [6, 6.07) is 26.3.